The number of likely N-dealkylation sites (N-methyl/N-ethyl adjacent to an activating group) is 1. The number of piperidine rings is 1. The Kier molecular flexibility index (Phi) is 2.15. The van der Waals surface area contributed by atoms with Gasteiger partial charge in [0, 0.05) is 0 Å². The zero-order valence-electron chi connectivity index (χ0n) is 7.99. The molecule has 13 heavy (non-hydrogen) atoms. The summed E-state index contributed by atoms with van der Waals surface area (Å²) in [5.74, 6) is 0. The van der Waals surface area contributed by atoms with Crippen LogP contribution < -0.4 is 0 Å². The van der Waals surface area contributed by atoms with Gasteiger partial charge in [-0.25, -0.2) is 4.79 Å². The van der Waals surface area contributed by atoms with Gasteiger partial charge in [-0.1, -0.05) is 0 Å². The van der Waals surface area contributed by atoms with Crippen LogP contribution in [-0.2, 0) is 9.47 Å². The lowest BCUT2D eigenvalue weighted by Crippen LogP contribution is -2.56. The molecule has 1 unspecified atom stereocenters. The summed E-state index contributed by atoms with van der Waals surface area (Å²) in [7, 11) is 2.14. The van der Waals surface area contributed by atoms with E-state index in [-0.39, 0.29) is 6.23 Å². The van der Waals surface area contributed by atoms with E-state index in [0.717, 1.165) is 17.6 Å². The summed E-state index contributed by atoms with van der Waals surface area (Å²) in [5.41, 5.74) is 0. The van der Waals surface area contributed by atoms with E-state index in [2.05, 4.69) is 7.05 Å². The molecule has 0 aromatic carbocycles. The fraction of sp³-hybridized carbons (Fsp3) is 0.889. The van der Waals surface area contributed by atoms with Crippen molar-refractivity contribution in [3.63, 3.8) is 0 Å². The van der Waals surface area contributed by atoms with Crippen LogP contribution in [0.4, 0.5) is 4.79 Å². The van der Waals surface area contributed by atoms with E-state index in [9.17, 15) is 4.79 Å². The molecule has 2 fully saturated rings. The maximum Gasteiger partial charge on any atom is 0.513 e. The quantitative estimate of drug-likeness (QED) is 0.454. The number of hydrogen-bond acceptors (Lipinski definition) is 3. The largest absolute Gasteiger partial charge is 0.513 e. The van der Waals surface area contributed by atoms with Crippen LogP contribution in [0.3, 0.4) is 0 Å². The molecule has 74 valence electrons. The molecule has 2 aliphatic heterocycles. The van der Waals surface area contributed by atoms with Crippen molar-refractivity contribution in [2.45, 2.75) is 25.5 Å². The number of likely N-dealkylation sites (tertiary alicyclic amines) is 1. The molecule has 0 N–H and O–H groups in total. The fourth-order valence-electron chi connectivity index (χ4n) is 2.15. The van der Waals surface area contributed by atoms with Crippen molar-refractivity contribution in [1.29, 1.82) is 0 Å². The number of rotatable bonds is 1. The second-order valence-corrected chi connectivity index (χ2v) is 4.12. The summed E-state index contributed by atoms with van der Waals surface area (Å²) < 4.78 is 10.8. The van der Waals surface area contributed by atoms with E-state index in [1.807, 2.05) is 0 Å². The van der Waals surface area contributed by atoms with Gasteiger partial charge in [-0.3, -0.25) is 4.48 Å². The molecule has 0 bridgehead atoms. The summed E-state index contributed by atoms with van der Waals surface area (Å²) in [6.45, 7) is 2.62. The van der Waals surface area contributed by atoms with Crippen LogP contribution in [0.5, 0.6) is 0 Å². The van der Waals surface area contributed by atoms with Crippen LogP contribution in [0.25, 0.3) is 0 Å². The Hall–Kier alpha value is -0.770. The Morgan fingerprint density at radius 1 is 1.31 bits per heavy atom. The molecular formula is C9H16NO3+. The number of hydrogen-bond donors (Lipinski definition) is 0. The highest BCUT2D eigenvalue weighted by atomic mass is 16.8. The molecule has 0 aromatic rings. The summed E-state index contributed by atoms with van der Waals surface area (Å²) >= 11 is 0. The molecule has 0 aliphatic carbocycles. The minimum absolute atomic E-state index is 0.0622. The van der Waals surface area contributed by atoms with Gasteiger partial charge in [-0.2, -0.15) is 0 Å². The second-order valence-electron chi connectivity index (χ2n) is 4.12. The third kappa shape index (κ3) is 1.63. The molecule has 4 heteroatoms. The molecule has 0 spiro atoms. The Morgan fingerprint density at radius 3 is 2.54 bits per heavy atom. The van der Waals surface area contributed by atoms with Crippen LogP contribution in [-0.4, -0.2) is 43.6 Å². The van der Waals surface area contributed by atoms with Gasteiger partial charge in [-0.05, 0) is 19.3 Å². The average Bonchev–Trinajstić information content (AvgIpc) is 2.54. The number of carbonyl (C=O) groups is 1. The average molecular weight is 186 g/mol. The number of carbonyl (C=O) groups excluding carboxylic acids is 1. The molecule has 2 saturated heterocycles. The molecule has 0 radical (unpaired) electrons. The third-order valence-electron chi connectivity index (χ3n) is 3.11. The molecule has 4 nitrogen and oxygen atoms in total. The van der Waals surface area contributed by atoms with Gasteiger partial charge < -0.3 is 9.47 Å². The molecule has 0 saturated carbocycles. The minimum Gasteiger partial charge on any atom is -0.424 e. The maximum absolute atomic E-state index is 10.8. The van der Waals surface area contributed by atoms with Gasteiger partial charge in [-0.15, -0.1) is 0 Å². The predicted molar refractivity (Wildman–Crippen MR) is 46.0 cm³/mol. The lowest BCUT2D eigenvalue weighted by Gasteiger charge is -2.39. The normalized spacial score (nSPS) is 32.4. The highest BCUT2D eigenvalue weighted by molar-refractivity contribution is 5.61. The molecule has 2 heterocycles. The molecule has 0 amide bonds. The van der Waals surface area contributed by atoms with Crippen LogP contribution >= 0.6 is 0 Å². The first kappa shape index (κ1) is 8.81. The van der Waals surface area contributed by atoms with Gasteiger partial charge in [0.15, 0.2) is 6.61 Å². The Bertz CT molecular complexity index is 211. The standard InChI is InChI=1S/C9H16NO3/c1-10(5-3-2-4-6-10)8-7-12-9(11)13-8/h8H,2-7H2,1H3/q+1. The van der Waals surface area contributed by atoms with E-state index in [1.54, 1.807) is 0 Å². The van der Waals surface area contributed by atoms with E-state index in [1.165, 1.54) is 19.3 Å². The summed E-state index contributed by atoms with van der Waals surface area (Å²) in [4.78, 5) is 10.8. The van der Waals surface area contributed by atoms with Gasteiger partial charge >= 0.3 is 6.16 Å². The van der Waals surface area contributed by atoms with Crippen molar-refractivity contribution in [2.75, 3.05) is 26.7 Å². The van der Waals surface area contributed by atoms with Crippen molar-refractivity contribution >= 4 is 6.16 Å². The van der Waals surface area contributed by atoms with Crippen molar-refractivity contribution in [1.82, 2.24) is 0 Å². The SMILES string of the molecule is C[N+]1(C2COC(=O)O2)CCCCC1. The van der Waals surface area contributed by atoms with Crippen molar-refractivity contribution in [3.05, 3.63) is 0 Å². The first-order valence-electron chi connectivity index (χ1n) is 4.88. The summed E-state index contributed by atoms with van der Waals surface area (Å²) in [6.07, 6.45) is 3.19. The van der Waals surface area contributed by atoms with Crippen LogP contribution in [0, 0.1) is 0 Å². The van der Waals surface area contributed by atoms with Gasteiger partial charge in [0.25, 0.3) is 6.23 Å². The summed E-state index contributed by atoms with van der Waals surface area (Å²) in [5, 5.41) is 0. The van der Waals surface area contributed by atoms with Gasteiger partial charge in [0.2, 0.25) is 0 Å². The monoisotopic (exact) mass is 186 g/mol. The number of ether oxygens (including phenoxy) is 2. The number of quaternary nitrogens is 1. The van der Waals surface area contributed by atoms with Gasteiger partial charge in [0.05, 0.1) is 20.1 Å². The van der Waals surface area contributed by atoms with Crippen LogP contribution in [0.1, 0.15) is 19.3 Å². The lowest BCUT2D eigenvalue weighted by atomic mass is 10.1. The number of cyclic esters (lactones) is 2. The van der Waals surface area contributed by atoms with Crippen molar-refractivity contribution in [2.24, 2.45) is 0 Å². The lowest BCUT2D eigenvalue weighted by molar-refractivity contribution is -0.953. The first-order chi connectivity index (χ1) is 6.21. The molecule has 0 aromatic heterocycles. The smallest absolute Gasteiger partial charge is 0.424 e. The highest BCUT2D eigenvalue weighted by Crippen LogP contribution is 2.24. The zero-order chi connectivity index (χ0) is 9.31. The Morgan fingerprint density at radius 2 is 2.00 bits per heavy atom. The van der Waals surface area contributed by atoms with E-state index < -0.39 is 6.16 Å². The third-order valence-corrected chi connectivity index (χ3v) is 3.11. The molecule has 1 atom stereocenters. The van der Waals surface area contributed by atoms with E-state index in [0.29, 0.717) is 6.61 Å². The number of nitrogens with zero attached hydrogens (tertiary/aromatic N) is 1. The predicted octanol–water partition coefficient (Wildman–Crippen LogP) is 1.11. The Balaban J connectivity index is 2.01. The maximum atomic E-state index is 10.8. The van der Waals surface area contributed by atoms with E-state index >= 15 is 0 Å². The first-order valence-corrected chi connectivity index (χ1v) is 4.88. The van der Waals surface area contributed by atoms with E-state index in [4.69, 9.17) is 9.47 Å². The van der Waals surface area contributed by atoms with Gasteiger partial charge in [0.1, 0.15) is 0 Å². The van der Waals surface area contributed by atoms with Crippen molar-refractivity contribution in [3.8, 4) is 0 Å². The Labute approximate surface area is 78.0 Å². The zero-order valence-corrected chi connectivity index (χ0v) is 7.99. The summed E-state index contributed by atoms with van der Waals surface area (Å²) in [6, 6.07) is 0. The highest BCUT2D eigenvalue weighted by Gasteiger charge is 2.42. The second kappa shape index (κ2) is 3.18. The fourth-order valence-corrected chi connectivity index (χ4v) is 2.15. The minimum atomic E-state index is -0.505. The molecule has 2 rings (SSSR count). The topological polar surface area (TPSA) is 35.5 Å². The molecular weight excluding hydrogens is 170 g/mol. The van der Waals surface area contributed by atoms with Crippen molar-refractivity contribution < 1.29 is 18.8 Å². The molecule has 2 aliphatic rings. The van der Waals surface area contributed by atoms with Crippen LogP contribution in [0.15, 0.2) is 0 Å². The van der Waals surface area contributed by atoms with Crippen LogP contribution in [0.2, 0.25) is 0 Å².